The molecule has 1 rings (SSSR count). The quantitative estimate of drug-likeness (QED) is 0.593. The van der Waals surface area contributed by atoms with Crippen molar-refractivity contribution >= 4 is 5.97 Å². The lowest BCUT2D eigenvalue weighted by Crippen LogP contribution is -2.53. The number of methoxy groups -OCH3 is 1. The van der Waals surface area contributed by atoms with Crippen LogP contribution < -0.4 is 0 Å². The summed E-state index contributed by atoms with van der Waals surface area (Å²) in [6.07, 6.45) is -1.90. The third kappa shape index (κ3) is 5.23. The molecule has 1 aromatic rings. The van der Waals surface area contributed by atoms with E-state index in [4.69, 9.17) is 4.74 Å². The molecule has 0 saturated carbocycles. The smallest absolute Gasteiger partial charge is 0.432 e. The van der Waals surface area contributed by atoms with Crippen molar-refractivity contribution in [3.8, 4) is 0 Å². The number of halogens is 3. The fourth-order valence-corrected chi connectivity index (χ4v) is 3.22. The molecular formula is C20H29F3O4. The van der Waals surface area contributed by atoms with E-state index in [0.717, 1.165) is 32.1 Å². The predicted molar refractivity (Wildman–Crippen MR) is 96.1 cm³/mol. The van der Waals surface area contributed by atoms with Crippen LogP contribution in [0.2, 0.25) is 0 Å². The van der Waals surface area contributed by atoms with Crippen LogP contribution in [0, 0.1) is 5.92 Å². The van der Waals surface area contributed by atoms with Gasteiger partial charge < -0.3 is 14.6 Å². The van der Waals surface area contributed by atoms with Gasteiger partial charge in [-0.25, -0.2) is 4.79 Å². The molecule has 4 nitrogen and oxygen atoms in total. The third-order valence-corrected chi connectivity index (χ3v) is 4.95. The van der Waals surface area contributed by atoms with Crippen molar-refractivity contribution < 1.29 is 32.5 Å². The SMILES string of the molecule is CCCC[C@H](CC)[C@@](C)(O)COC(=O)[C@@](OC)(c1ccccc1)C(F)(F)F. The largest absolute Gasteiger partial charge is 0.460 e. The molecule has 1 aromatic carbocycles. The molecule has 0 aliphatic rings. The van der Waals surface area contributed by atoms with Gasteiger partial charge in [0.05, 0.1) is 5.60 Å². The van der Waals surface area contributed by atoms with Crippen LogP contribution in [-0.4, -0.2) is 36.6 Å². The van der Waals surface area contributed by atoms with Crippen LogP contribution in [0.25, 0.3) is 0 Å². The Kier molecular flexibility index (Phi) is 8.29. The van der Waals surface area contributed by atoms with E-state index in [1.54, 1.807) is 0 Å². The van der Waals surface area contributed by atoms with E-state index in [-0.39, 0.29) is 11.5 Å². The Labute approximate surface area is 158 Å². The molecular weight excluding hydrogens is 361 g/mol. The van der Waals surface area contributed by atoms with Gasteiger partial charge in [0.25, 0.3) is 5.60 Å². The highest BCUT2D eigenvalue weighted by molar-refractivity contribution is 5.82. The van der Waals surface area contributed by atoms with Crippen LogP contribution in [-0.2, 0) is 19.9 Å². The fraction of sp³-hybridized carbons (Fsp3) is 0.650. The lowest BCUT2D eigenvalue weighted by Gasteiger charge is -2.35. The van der Waals surface area contributed by atoms with E-state index in [0.29, 0.717) is 12.8 Å². The molecule has 0 aliphatic carbocycles. The normalized spacial score (nSPS) is 17.6. The van der Waals surface area contributed by atoms with E-state index in [1.807, 2.05) is 13.8 Å². The summed E-state index contributed by atoms with van der Waals surface area (Å²) in [6, 6.07) is 6.63. The number of esters is 1. The maximum absolute atomic E-state index is 13.8. The third-order valence-electron chi connectivity index (χ3n) is 4.95. The van der Waals surface area contributed by atoms with Crippen molar-refractivity contribution in [2.45, 2.75) is 63.8 Å². The van der Waals surface area contributed by atoms with Gasteiger partial charge >= 0.3 is 12.1 Å². The van der Waals surface area contributed by atoms with Crippen LogP contribution in [0.3, 0.4) is 0 Å². The van der Waals surface area contributed by atoms with Crippen molar-refractivity contribution in [1.82, 2.24) is 0 Å². The van der Waals surface area contributed by atoms with Gasteiger partial charge in [-0.1, -0.05) is 63.4 Å². The van der Waals surface area contributed by atoms with Gasteiger partial charge in [0.1, 0.15) is 6.61 Å². The van der Waals surface area contributed by atoms with Gasteiger partial charge in [0, 0.05) is 12.7 Å². The Hall–Kier alpha value is -1.60. The average Bonchev–Trinajstić information content (AvgIpc) is 2.61. The number of hydrogen-bond acceptors (Lipinski definition) is 4. The number of aliphatic hydroxyl groups is 1. The lowest BCUT2D eigenvalue weighted by atomic mass is 9.83. The van der Waals surface area contributed by atoms with Gasteiger partial charge in [0.2, 0.25) is 0 Å². The standard InChI is InChI=1S/C20H29F3O4/c1-5-7-11-15(6-2)18(3,25)14-27-17(24)19(26-4,20(21,22)23)16-12-9-8-10-13-16/h8-10,12-13,15,25H,5-7,11,14H2,1-4H3/t15-,18-,19-/m0/s1. The van der Waals surface area contributed by atoms with E-state index < -0.39 is 30.0 Å². The molecule has 0 unspecified atom stereocenters. The monoisotopic (exact) mass is 390 g/mol. The minimum Gasteiger partial charge on any atom is -0.460 e. The second-order valence-corrected chi connectivity index (χ2v) is 6.93. The Morgan fingerprint density at radius 1 is 1.19 bits per heavy atom. The van der Waals surface area contributed by atoms with Crippen molar-refractivity contribution in [3.63, 3.8) is 0 Å². The number of unbranched alkanes of at least 4 members (excludes halogenated alkanes) is 1. The van der Waals surface area contributed by atoms with E-state index >= 15 is 0 Å². The average molecular weight is 390 g/mol. The van der Waals surface area contributed by atoms with Crippen LogP contribution in [0.4, 0.5) is 13.2 Å². The number of carbonyl (C=O) groups is 1. The van der Waals surface area contributed by atoms with Crippen molar-refractivity contribution in [2.75, 3.05) is 13.7 Å². The zero-order valence-electron chi connectivity index (χ0n) is 16.3. The molecule has 0 aliphatic heterocycles. The first-order chi connectivity index (χ1) is 12.6. The number of alkyl halides is 3. The van der Waals surface area contributed by atoms with Gasteiger partial charge in [-0.05, 0) is 19.3 Å². The van der Waals surface area contributed by atoms with Crippen LogP contribution in [0.1, 0.15) is 52.0 Å². The van der Waals surface area contributed by atoms with E-state index in [9.17, 15) is 23.1 Å². The Morgan fingerprint density at radius 2 is 1.78 bits per heavy atom. The molecule has 154 valence electrons. The van der Waals surface area contributed by atoms with Crippen molar-refractivity contribution in [1.29, 1.82) is 0 Å². The second-order valence-electron chi connectivity index (χ2n) is 6.93. The summed E-state index contributed by atoms with van der Waals surface area (Å²) < 4.78 is 51.2. The van der Waals surface area contributed by atoms with Crippen LogP contribution in [0.5, 0.6) is 0 Å². The second kappa shape index (κ2) is 9.55. The summed E-state index contributed by atoms with van der Waals surface area (Å²) in [5, 5.41) is 10.7. The highest BCUT2D eigenvalue weighted by Crippen LogP contribution is 2.43. The minimum atomic E-state index is -5.03. The predicted octanol–water partition coefficient (Wildman–Crippen LogP) is 4.60. The molecule has 0 aromatic heterocycles. The first-order valence-corrected chi connectivity index (χ1v) is 9.13. The maximum Gasteiger partial charge on any atom is 0.432 e. The van der Waals surface area contributed by atoms with Crippen molar-refractivity contribution in [3.05, 3.63) is 35.9 Å². The lowest BCUT2D eigenvalue weighted by molar-refractivity contribution is -0.278. The number of carbonyl (C=O) groups excluding carboxylic acids is 1. The highest BCUT2D eigenvalue weighted by Gasteiger charge is 2.64. The number of rotatable bonds is 10. The molecule has 27 heavy (non-hydrogen) atoms. The number of hydrogen-bond donors (Lipinski definition) is 1. The summed E-state index contributed by atoms with van der Waals surface area (Å²) in [5.41, 5.74) is -5.04. The van der Waals surface area contributed by atoms with Gasteiger partial charge in [0.15, 0.2) is 0 Å². The molecule has 0 heterocycles. The molecule has 1 N–H and O–H groups in total. The topological polar surface area (TPSA) is 55.8 Å². The van der Waals surface area contributed by atoms with Gasteiger partial charge in [-0.3, -0.25) is 0 Å². The molecule has 0 fully saturated rings. The molecule has 0 saturated heterocycles. The molecule has 0 spiro atoms. The minimum absolute atomic E-state index is 0.190. The van der Waals surface area contributed by atoms with Gasteiger partial charge in [-0.2, -0.15) is 13.2 Å². The summed E-state index contributed by atoms with van der Waals surface area (Å²) >= 11 is 0. The first-order valence-electron chi connectivity index (χ1n) is 9.13. The molecule has 3 atom stereocenters. The van der Waals surface area contributed by atoms with Gasteiger partial charge in [-0.15, -0.1) is 0 Å². The molecule has 7 heteroatoms. The first kappa shape index (κ1) is 23.4. The summed E-state index contributed by atoms with van der Waals surface area (Å²) in [7, 11) is 0.815. The molecule has 0 radical (unpaired) electrons. The van der Waals surface area contributed by atoms with Crippen LogP contribution in [0.15, 0.2) is 30.3 Å². The highest BCUT2D eigenvalue weighted by atomic mass is 19.4. The van der Waals surface area contributed by atoms with Crippen molar-refractivity contribution in [2.24, 2.45) is 5.92 Å². The van der Waals surface area contributed by atoms with E-state index in [1.165, 1.54) is 25.1 Å². The summed E-state index contributed by atoms with van der Waals surface area (Å²) in [4.78, 5) is 12.5. The Balaban J connectivity index is 3.08. The summed E-state index contributed by atoms with van der Waals surface area (Å²) in [5.74, 6) is -1.78. The molecule has 0 bridgehead atoms. The number of ether oxygens (including phenoxy) is 2. The van der Waals surface area contributed by atoms with E-state index in [2.05, 4.69) is 4.74 Å². The molecule has 0 amide bonds. The zero-order valence-corrected chi connectivity index (χ0v) is 16.3. The maximum atomic E-state index is 13.8. The Morgan fingerprint density at radius 3 is 2.22 bits per heavy atom. The zero-order chi connectivity index (χ0) is 20.7. The fourth-order valence-electron chi connectivity index (χ4n) is 3.22. The summed E-state index contributed by atoms with van der Waals surface area (Å²) in [6.45, 7) is 4.84. The number of benzene rings is 1. The Bertz CT molecular complexity index is 587. The van der Waals surface area contributed by atoms with Crippen LogP contribution >= 0.6 is 0 Å².